The van der Waals surface area contributed by atoms with E-state index >= 15 is 0 Å². The van der Waals surface area contributed by atoms with E-state index in [0.29, 0.717) is 13.2 Å². The lowest BCUT2D eigenvalue weighted by Crippen LogP contribution is -2.49. The average molecular weight is 381 g/mol. The molecule has 1 fully saturated rings. The highest BCUT2D eigenvalue weighted by atomic mass is 35.5. The number of halogens is 2. The fourth-order valence-corrected chi connectivity index (χ4v) is 2.90. The van der Waals surface area contributed by atoms with Gasteiger partial charge in [0.15, 0.2) is 0 Å². The summed E-state index contributed by atoms with van der Waals surface area (Å²) in [6.07, 6.45) is -0.481. The van der Waals surface area contributed by atoms with Gasteiger partial charge in [0.25, 0.3) is 0 Å². The smallest absolute Gasteiger partial charge is 0.119 e. The molecular formula is C17H30Cl2N2O3. The third-order valence-corrected chi connectivity index (χ3v) is 3.99. The number of aliphatic hydroxyl groups is 2. The first-order valence-corrected chi connectivity index (χ1v) is 8.01. The van der Waals surface area contributed by atoms with Crippen LogP contribution in [0.2, 0.25) is 0 Å². The maximum Gasteiger partial charge on any atom is 0.119 e. The minimum atomic E-state index is -0.481. The highest BCUT2D eigenvalue weighted by Crippen LogP contribution is 2.16. The topological polar surface area (TPSA) is 56.2 Å². The summed E-state index contributed by atoms with van der Waals surface area (Å²) in [6, 6.07) is 6.09. The van der Waals surface area contributed by atoms with Crippen molar-refractivity contribution in [3.63, 3.8) is 0 Å². The number of rotatable bonds is 7. The normalized spacial score (nSPS) is 16.8. The summed E-state index contributed by atoms with van der Waals surface area (Å²) in [4.78, 5) is 4.50. The first-order valence-electron chi connectivity index (χ1n) is 8.01. The van der Waals surface area contributed by atoms with Crippen molar-refractivity contribution in [3.05, 3.63) is 29.3 Å². The summed E-state index contributed by atoms with van der Waals surface area (Å²) >= 11 is 0. The average Bonchev–Trinajstić information content (AvgIpc) is 2.47. The quantitative estimate of drug-likeness (QED) is 0.750. The maximum atomic E-state index is 10.2. The summed E-state index contributed by atoms with van der Waals surface area (Å²) in [5.74, 6) is 0.823. The number of aryl methyl sites for hydroxylation is 2. The van der Waals surface area contributed by atoms with Crippen LogP contribution in [0.25, 0.3) is 0 Å². The van der Waals surface area contributed by atoms with Gasteiger partial charge in [0, 0.05) is 39.3 Å². The lowest BCUT2D eigenvalue weighted by molar-refractivity contribution is 0.0428. The van der Waals surface area contributed by atoms with E-state index in [1.165, 1.54) is 11.1 Å². The molecule has 2 rings (SSSR count). The Morgan fingerprint density at radius 2 is 1.54 bits per heavy atom. The van der Waals surface area contributed by atoms with Crippen LogP contribution in [0.3, 0.4) is 0 Å². The van der Waals surface area contributed by atoms with Crippen molar-refractivity contribution in [2.75, 3.05) is 52.5 Å². The van der Waals surface area contributed by atoms with Crippen LogP contribution in [-0.2, 0) is 0 Å². The van der Waals surface area contributed by atoms with Crippen molar-refractivity contribution in [2.45, 2.75) is 20.0 Å². The van der Waals surface area contributed by atoms with E-state index in [9.17, 15) is 5.11 Å². The molecule has 0 amide bonds. The Morgan fingerprint density at radius 3 is 2.08 bits per heavy atom. The molecule has 2 N–H and O–H groups in total. The molecule has 1 heterocycles. The molecule has 5 nitrogen and oxygen atoms in total. The number of benzene rings is 1. The first kappa shape index (κ1) is 23.4. The second-order valence-electron chi connectivity index (χ2n) is 6.15. The van der Waals surface area contributed by atoms with Gasteiger partial charge in [-0.1, -0.05) is 6.07 Å². The second-order valence-corrected chi connectivity index (χ2v) is 6.15. The maximum absolute atomic E-state index is 10.2. The van der Waals surface area contributed by atoms with Gasteiger partial charge in [-0.15, -0.1) is 24.8 Å². The Labute approximate surface area is 157 Å². The largest absolute Gasteiger partial charge is 0.491 e. The number of hydrogen-bond donors (Lipinski definition) is 2. The van der Waals surface area contributed by atoms with Crippen LogP contribution < -0.4 is 4.74 Å². The predicted molar refractivity (Wildman–Crippen MR) is 102 cm³/mol. The fraction of sp³-hybridized carbons (Fsp3) is 0.647. The molecule has 0 spiro atoms. The Bertz CT molecular complexity index is 449. The monoisotopic (exact) mass is 380 g/mol. The van der Waals surface area contributed by atoms with E-state index in [2.05, 4.69) is 15.9 Å². The fourth-order valence-electron chi connectivity index (χ4n) is 2.90. The molecule has 7 heteroatoms. The van der Waals surface area contributed by atoms with Crippen LogP contribution in [0.4, 0.5) is 0 Å². The van der Waals surface area contributed by atoms with Gasteiger partial charge in [0.1, 0.15) is 18.5 Å². The molecule has 24 heavy (non-hydrogen) atoms. The summed E-state index contributed by atoms with van der Waals surface area (Å²) < 4.78 is 5.71. The van der Waals surface area contributed by atoms with Crippen molar-refractivity contribution in [1.29, 1.82) is 0 Å². The second kappa shape index (κ2) is 11.9. The van der Waals surface area contributed by atoms with E-state index in [4.69, 9.17) is 9.84 Å². The van der Waals surface area contributed by atoms with Crippen LogP contribution >= 0.6 is 24.8 Å². The summed E-state index contributed by atoms with van der Waals surface area (Å²) in [5.41, 5.74) is 2.34. The van der Waals surface area contributed by atoms with E-state index in [1.54, 1.807) is 0 Å². The van der Waals surface area contributed by atoms with Gasteiger partial charge < -0.3 is 14.9 Å². The summed E-state index contributed by atoms with van der Waals surface area (Å²) in [6.45, 7) is 9.76. The highest BCUT2D eigenvalue weighted by Gasteiger charge is 2.19. The molecular weight excluding hydrogens is 351 g/mol. The van der Waals surface area contributed by atoms with Crippen molar-refractivity contribution in [1.82, 2.24) is 9.80 Å². The van der Waals surface area contributed by atoms with Gasteiger partial charge in [-0.25, -0.2) is 0 Å². The Kier molecular flexibility index (Phi) is 11.6. The predicted octanol–water partition coefficient (Wildman–Crippen LogP) is 1.50. The van der Waals surface area contributed by atoms with Gasteiger partial charge in [-0.05, 0) is 37.1 Å². The molecule has 1 aliphatic rings. The number of β-amino-alcohol motifs (C(OH)–C–C–N with tert-alkyl or cyclic N) is 2. The molecule has 0 bridgehead atoms. The van der Waals surface area contributed by atoms with Crippen LogP contribution in [0.1, 0.15) is 11.1 Å². The van der Waals surface area contributed by atoms with Crippen LogP contribution in [-0.4, -0.2) is 78.6 Å². The standard InChI is InChI=1S/C17H28N2O3.2ClH/c1-14-9-15(2)11-17(10-14)22-13-16(21)12-19-5-3-18(4-6-19)7-8-20;;/h9-11,16,20-21H,3-8,12-13H2,1-2H3;2*1H. The highest BCUT2D eigenvalue weighted by molar-refractivity contribution is 5.85. The van der Waals surface area contributed by atoms with Gasteiger partial charge in [0.2, 0.25) is 0 Å². The third kappa shape index (κ3) is 8.01. The molecule has 1 aliphatic heterocycles. The van der Waals surface area contributed by atoms with Crippen LogP contribution in [0, 0.1) is 13.8 Å². The Hall–Kier alpha value is -0.560. The summed E-state index contributed by atoms with van der Waals surface area (Å²) in [7, 11) is 0. The molecule has 0 radical (unpaired) electrons. The molecule has 1 aromatic rings. The molecule has 1 atom stereocenters. The molecule has 0 aromatic heterocycles. The SMILES string of the molecule is Cc1cc(C)cc(OCC(O)CN2CCN(CCO)CC2)c1.Cl.Cl. The number of nitrogens with zero attached hydrogens (tertiary/aromatic N) is 2. The zero-order chi connectivity index (χ0) is 15.9. The molecule has 0 saturated carbocycles. The lowest BCUT2D eigenvalue weighted by atomic mass is 10.1. The van der Waals surface area contributed by atoms with Crippen LogP contribution in [0.5, 0.6) is 5.75 Å². The molecule has 0 aliphatic carbocycles. The Morgan fingerprint density at radius 1 is 1.00 bits per heavy atom. The minimum absolute atomic E-state index is 0. The molecule has 1 saturated heterocycles. The molecule has 1 unspecified atom stereocenters. The Balaban J connectivity index is 0.00000264. The minimum Gasteiger partial charge on any atom is -0.491 e. The number of piperazine rings is 1. The van der Waals surface area contributed by atoms with Crippen molar-refractivity contribution in [2.24, 2.45) is 0 Å². The van der Waals surface area contributed by atoms with Gasteiger partial charge in [-0.3, -0.25) is 9.80 Å². The number of ether oxygens (including phenoxy) is 1. The van der Waals surface area contributed by atoms with Crippen molar-refractivity contribution in [3.8, 4) is 5.75 Å². The zero-order valence-corrected chi connectivity index (χ0v) is 16.1. The van der Waals surface area contributed by atoms with Crippen LogP contribution in [0.15, 0.2) is 18.2 Å². The van der Waals surface area contributed by atoms with Gasteiger partial charge >= 0.3 is 0 Å². The van der Waals surface area contributed by atoms with E-state index < -0.39 is 6.10 Å². The number of hydrogen-bond acceptors (Lipinski definition) is 5. The molecule has 140 valence electrons. The zero-order valence-electron chi connectivity index (χ0n) is 14.5. The lowest BCUT2D eigenvalue weighted by Gasteiger charge is -2.35. The van der Waals surface area contributed by atoms with Crippen molar-refractivity contribution >= 4 is 24.8 Å². The van der Waals surface area contributed by atoms with Gasteiger partial charge in [0.05, 0.1) is 6.61 Å². The van der Waals surface area contributed by atoms with Crippen molar-refractivity contribution < 1.29 is 14.9 Å². The summed E-state index contributed by atoms with van der Waals surface area (Å²) in [5, 5.41) is 19.1. The third-order valence-electron chi connectivity index (χ3n) is 3.99. The first-order chi connectivity index (χ1) is 10.6. The molecule has 1 aromatic carbocycles. The number of aliphatic hydroxyl groups excluding tert-OH is 2. The van der Waals surface area contributed by atoms with E-state index in [1.807, 2.05) is 26.0 Å². The van der Waals surface area contributed by atoms with E-state index in [-0.39, 0.29) is 31.4 Å². The van der Waals surface area contributed by atoms with Gasteiger partial charge in [-0.2, -0.15) is 0 Å². The van der Waals surface area contributed by atoms with E-state index in [0.717, 1.165) is 38.5 Å².